The topological polar surface area (TPSA) is 70.6 Å². The van der Waals surface area contributed by atoms with Crippen LogP contribution in [0.3, 0.4) is 0 Å². The molecule has 1 aliphatic heterocycles. The minimum absolute atomic E-state index is 0.155. The summed E-state index contributed by atoms with van der Waals surface area (Å²) in [7, 11) is 0. The van der Waals surface area contributed by atoms with Crippen LogP contribution in [0.2, 0.25) is 0 Å². The highest BCUT2D eigenvalue weighted by molar-refractivity contribution is 7.07. The molecule has 2 aromatic heterocycles. The SMILES string of the molecule is O=C(Nc1ccccc1N1CCN(CCc2ccncc2)CC1)c1cccc(OCc2cscn2)c1. The van der Waals surface area contributed by atoms with Crippen molar-refractivity contribution in [2.75, 3.05) is 42.9 Å². The maximum atomic E-state index is 13.1. The smallest absolute Gasteiger partial charge is 0.255 e. The first-order chi connectivity index (χ1) is 17.7. The van der Waals surface area contributed by atoms with E-state index in [9.17, 15) is 4.79 Å². The Kier molecular flexibility index (Phi) is 7.85. The highest BCUT2D eigenvalue weighted by Crippen LogP contribution is 2.27. The lowest BCUT2D eigenvalue weighted by molar-refractivity contribution is 0.102. The molecule has 1 aliphatic rings. The third-order valence-corrected chi connectivity index (χ3v) is 6.93. The number of aromatic nitrogens is 2. The zero-order chi connectivity index (χ0) is 24.6. The first kappa shape index (κ1) is 24.0. The third kappa shape index (κ3) is 6.27. The molecule has 0 saturated carbocycles. The second-order valence-corrected chi connectivity index (χ2v) is 9.42. The van der Waals surface area contributed by atoms with E-state index in [1.807, 2.05) is 48.1 Å². The summed E-state index contributed by atoms with van der Waals surface area (Å²) in [4.78, 5) is 26.3. The third-order valence-electron chi connectivity index (χ3n) is 6.30. The number of nitrogens with one attached hydrogen (secondary N) is 1. The van der Waals surface area contributed by atoms with E-state index in [1.54, 1.807) is 17.6 Å². The van der Waals surface area contributed by atoms with Crippen molar-refractivity contribution in [1.82, 2.24) is 14.9 Å². The molecular formula is C28H29N5O2S. The van der Waals surface area contributed by atoms with Crippen molar-refractivity contribution < 1.29 is 9.53 Å². The van der Waals surface area contributed by atoms with Gasteiger partial charge in [-0.3, -0.25) is 14.7 Å². The Bertz CT molecular complexity index is 1260. The lowest BCUT2D eigenvalue weighted by Crippen LogP contribution is -2.47. The van der Waals surface area contributed by atoms with Gasteiger partial charge >= 0.3 is 0 Å². The van der Waals surface area contributed by atoms with E-state index in [-0.39, 0.29) is 5.91 Å². The molecule has 0 spiro atoms. The van der Waals surface area contributed by atoms with Gasteiger partial charge in [-0.05, 0) is 54.4 Å². The zero-order valence-electron chi connectivity index (χ0n) is 20.0. The van der Waals surface area contributed by atoms with Gasteiger partial charge in [-0.2, -0.15) is 0 Å². The molecule has 0 unspecified atom stereocenters. The lowest BCUT2D eigenvalue weighted by atomic mass is 10.1. The Balaban J connectivity index is 1.18. The number of amides is 1. The van der Waals surface area contributed by atoms with Gasteiger partial charge in [0.05, 0.1) is 22.6 Å². The van der Waals surface area contributed by atoms with Crippen LogP contribution >= 0.6 is 11.3 Å². The second-order valence-electron chi connectivity index (χ2n) is 8.70. The predicted molar refractivity (Wildman–Crippen MR) is 144 cm³/mol. The van der Waals surface area contributed by atoms with E-state index in [0.717, 1.165) is 56.2 Å². The highest BCUT2D eigenvalue weighted by atomic mass is 32.1. The Morgan fingerprint density at radius 3 is 2.64 bits per heavy atom. The van der Waals surface area contributed by atoms with Crippen LogP contribution < -0.4 is 15.0 Å². The summed E-state index contributed by atoms with van der Waals surface area (Å²) in [5.41, 5.74) is 6.40. The van der Waals surface area contributed by atoms with Crippen molar-refractivity contribution in [3.05, 3.63) is 101 Å². The fraction of sp³-hybridized carbons (Fsp3) is 0.250. The van der Waals surface area contributed by atoms with Crippen molar-refractivity contribution in [1.29, 1.82) is 0 Å². The Labute approximate surface area is 215 Å². The average Bonchev–Trinajstić information content (AvgIpc) is 3.46. The number of rotatable bonds is 9. The Hall–Kier alpha value is -3.75. The number of pyridine rings is 1. The number of ether oxygens (including phenoxy) is 1. The summed E-state index contributed by atoms with van der Waals surface area (Å²) in [6.45, 7) is 5.24. The number of carbonyl (C=O) groups is 1. The van der Waals surface area contributed by atoms with E-state index in [2.05, 4.69) is 43.3 Å². The fourth-order valence-corrected chi connectivity index (χ4v) is 4.83. The summed E-state index contributed by atoms with van der Waals surface area (Å²) in [6, 6.07) is 19.4. The number of piperazine rings is 1. The largest absolute Gasteiger partial charge is 0.487 e. The molecule has 1 amide bonds. The molecule has 0 bridgehead atoms. The molecule has 1 N–H and O–H groups in total. The number of benzene rings is 2. The van der Waals surface area contributed by atoms with Crippen LogP contribution in [0.1, 0.15) is 21.6 Å². The van der Waals surface area contributed by atoms with Gasteiger partial charge in [0.2, 0.25) is 0 Å². The second kappa shape index (κ2) is 11.8. The van der Waals surface area contributed by atoms with Gasteiger partial charge in [0.25, 0.3) is 5.91 Å². The van der Waals surface area contributed by atoms with Gasteiger partial charge in [0.1, 0.15) is 12.4 Å². The number of hydrogen-bond donors (Lipinski definition) is 1. The normalized spacial score (nSPS) is 13.9. The minimum Gasteiger partial charge on any atom is -0.487 e. The van der Waals surface area contributed by atoms with Crippen molar-refractivity contribution in [3.8, 4) is 5.75 Å². The van der Waals surface area contributed by atoms with Crippen LogP contribution in [-0.2, 0) is 13.0 Å². The van der Waals surface area contributed by atoms with E-state index >= 15 is 0 Å². The van der Waals surface area contributed by atoms with E-state index in [1.165, 1.54) is 16.9 Å². The molecule has 0 aliphatic carbocycles. The van der Waals surface area contributed by atoms with Crippen LogP contribution in [0.15, 0.2) is 83.9 Å². The zero-order valence-corrected chi connectivity index (χ0v) is 20.9. The first-order valence-corrected chi connectivity index (χ1v) is 13.1. The summed E-state index contributed by atoms with van der Waals surface area (Å²) in [5.74, 6) is 0.490. The van der Waals surface area contributed by atoms with Crippen molar-refractivity contribution in [2.24, 2.45) is 0 Å². The number of hydrogen-bond acceptors (Lipinski definition) is 7. The molecule has 0 atom stereocenters. The maximum Gasteiger partial charge on any atom is 0.255 e. The molecule has 8 heteroatoms. The Morgan fingerprint density at radius 2 is 1.83 bits per heavy atom. The maximum absolute atomic E-state index is 13.1. The van der Waals surface area contributed by atoms with E-state index in [0.29, 0.717) is 17.9 Å². The van der Waals surface area contributed by atoms with Gasteiger partial charge < -0.3 is 15.0 Å². The number of carbonyl (C=O) groups excluding carboxylic acids is 1. The summed E-state index contributed by atoms with van der Waals surface area (Å²) < 4.78 is 5.82. The van der Waals surface area contributed by atoms with Crippen molar-refractivity contribution >= 4 is 28.6 Å². The number of para-hydroxylation sites is 2. The molecule has 184 valence electrons. The number of nitrogens with zero attached hydrogens (tertiary/aromatic N) is 4. The summed E-state index contributed by atoms with van der Waals surface area (Å²) in [6.07, 6.45) is 4.73. The number of thiazole rings is 1. The van der Waals surface area contributed by atoms with Crippen LogP contribution in [0.5, 0.6) is 5.75 Å². The molecule has 0 radical (unpaired) electrons. The lowest BCUT2D eigenvalue weighted by Gasteiger charge is -2.37. The van der Waals surface area contributed by atoms with E-state index in [4.69, 9.17) is 4.74 Å². The van der Waals surface area contributed by atoms with Gasteiger partial charge in [0.15, 0.2) is 0 Å². The molecular weight excluding hydrogens is 470 g/mol. The van der Waals surface area contributed by atoms with Gasteiger partial charge in [0, 0.05) is 56.1 Å². The molecule has 4 aromatic rings. The Morgan fingerprint density at radius 1 is 1.00 bits per heavy atom. The molecule has 1 saturated heterocycles. The van der Waals surface area contributed by atoms with Crippen LogP contribution in [0.25, 0.3) is 0 Å². The molecule has 2 aromatic carbocycles. The molecule has 1 fully saturated rings. The van der Waals surface area contributed by atoms with Gasteiger partial charge in [-0.15, -0.1) is 11.3 Å². The summed E-state index contributed by atoms with van der Waals surface area (Å²) >= 11 is 1.53. The first-order valence-electron chi connectivity index (χ1n) is 12.1. The van der Waals surface area contributed by atoms with Crippen LogP contribution in [0, 0.1) is 0 Å². The highest BCUT2D eigenvalue weighted by Gasteiger charge is 2.20. The van der Waals surface area contributed by atoms with Crippen molar-refractivity contribution in [2.45, 2.75) is 13.0 Å². The summed E-state index contributed by atoms with van der Waals surface area (Å²) in [5, 5.41) is 5.07. The monoisotopic (exact) mass is 499 g/mol. The van der Waals surface area contributed by atoms with Gasteiger partial charge in [-0.25, -0.2) is 4.98 Å². The van der Waals surface area contributed by atoms with Gasteiger partial charge in [-0.1, -0.05) is 18.2 Å². The predicted octanol–water partition coefficient (Wildman–Crippen LogP) is 4.73. The quantitative estimate of drug-likeness (QED) is 0.359. The minimum atomic E-state index is -0.155. The average molecular weight is 500 g/mol. The molecule has 3 heterocycles. The van der Waals surface area contributed by atoms with Crippen LogP contribution in [0.4, 0.5) is 11.4 Å². The number of anilines is 2. The van der Waals surface area contributed by atoms with Crippen LogP contribution in [-0.4, -0.2) is 53.5 Å². The molecule has 5 rings (SSSR count). The van der Waals surface area contributed by atoms with Crippen molar-refractivity contribution in [3.63, 3.8) is 0 Å². The fourth-order valence-electron chi connectivity index (χ4n) is 4.29. The van der Waals surface area contributed by atoms with E-state index < -0.39 is 0 Å². The molecule has 36 heavy (non-hydrogen) atoms. The standard InChI is InChI=1S/C28H29N5O2S/c34-28(23-4-3-5-25(18-23)35-19-24-20-36-21-30-24)31-26-6-1-2-7-27(26)33-16-14-32(15-17-33)13-10-22-8-11-29-12-9-22/h1-9,11-12,18,20-21H,10,13-17,19H2,(H,31,34). The molecule has 7 nitrogen and oxygen atoms in total.